The van der Waals surface area contributed by atoms with E-state index >= 15 is 0 Å². The van der Waals surface area contributed by atoms with Crippen molar-refractivity contribution < 1.29 is 14.3 Å². The van der Waals surface area contributed by atoms with Crippen molar-refractivity contribution in [3.05, 3.63) is 64.7 Å². The first-order chi connectivity index (χ1) is 14.4. The summed E-state index contributed by atoms with van der Waals surface area (Å²) < 4.78 is 5.85. The molecule has 0 aromatic heterocycles. The van der Waals surface area contributed by atoms with Gasteiger partial charge in [-0.25, -0.2) is 0 Å². The van der Waals surface area contributed by atoms with E-state index in [9.17, 15) is 9.59 Å². The minimum atomic E-state index is -0.535. The van der Waals surface area contributed by atoms with Crippen LogP contribution in [0.4, 0.5) is 0 Å². The predicted octanol–water partition coefficient (Wildman–Crippen LogP) is 4.32. The molecule has 2 amide bonds. The average molecular weight is 411 g/mol. The number of hydrogen-bond acceptors (Lipinski definition) is 3. The van der Waals surface area contributed by atoms with Crippen LogP contribution in [0.25, 0.3) is 0 Å². The number of nitrogens with zero attached hydrogens (tertiary/aromatic N) is 1. The van der Waals surface area contributed by atoms with Gasteiger partial charge < -0.3 is 15.0 Å². The molecule has 1 N–H and O–H groups in total. The van der Waals surface area contributed by atoms with Gasteiger partial charge in [0.25, 0.3) is 5.91 Å². The largest absolute Gasteiger partial charge is 0.483 e. The van der Waals surface area contributed by atoms with E-state index in [2.05, 4.69) is 5.32 Å². The van der Waals surface area contributed by atoms with Crippen LogP contribution in [0.1, 0.15) is 48.9 Å². The molecule has 0 radical (unpaired) electrons. The Kier molecular flexibility index (Phi) is 8.90. The number of carbonyl (C=O) groups is 2. The molecule has 0 heterocycles. The van der Waals surface area contributed by atoms with Gasteiger partial charge in [0, 0.05) is 13.1 Å². The normalized spacial score (nSPS) is 11.6. The molecule has 0 fully saturated rings. The molecular formula is C25H34N2O3. The topological polar surface area (TPSA) is 58.6 Å². The minimum Gasteiger partial charge on any atom is -0.483 e. The van der Waals surface area contributed by atoms with Gasteiger partial charge in [-0.15, -0.1) is 0 Å². The summed E-state index contributed by atoms with van der Waals surface area (Å²) in [7, 11) is 0. The zero-order valence-corrected chi connectivity index (χ0v) is 18.8. The van der Waals surface area contributed by atoms with Gasteiger partial charge in [0.15, 0.2) is 6.61 Å². The fraction of sp³-hybridized carbons (Fsp3) is 0.440. The monoisotopic (exact) mass is 410 g/mol. The van der Waals surface area contributed by atoms with Crippen LogP contribution in [-0.4, -0.2) is 35.9 Å². The second-order valence-electron chi connectivity index (χ2n) is 7.71. The highest BCUT2D eigenvalue weighted by Crippen LogP contribution is 2.21. The van der Waals surface area contributed by atoms with Crippen LogP contribution in [0.15, 0.2) is 42.5 Å². The Morgan fingerprint density at radius 3 is 2.37 bits per heavy atom. The molecule has 5 nitrogen and oxygen atoms in total. The number of hydrogen-bond donors (Lipinski definition) is 1. The second-order valence-corrected chi connectivity index (χ2v) is 7.71. The third-order valence-corrected chi connectivity index (χ3v) is 5.31. The van der Waals surface area contributed by atoms with Crippen molar-refractivity contribution in [2.24, 2.45) is 0 Å². The number of carbonyl (C=O) groups excluding carboxylic acids is 2. The number of ether oxygens (including phenoxy) is 1. The fourth-order valence-corrected chi connectivity index (χ4v) is 3.28. The lowest BCUT2D eigenvalue weighted by atomic mass is 10.1. The molecule has 0 aliphatic carbocycles. The van der Waals surface area contributed by atoms with E-state index in [1.165, 1.54) is 0 Å². The van der Waals surface area contributed by atoms with Gasteiger partial charge >= 0.3 is 0 Å². The number of amides is 2. The molecule has 0 spiro atoms. The summed E-state index contributed by atoms with van der Waals surface area (Å²) in [4.78, 5) is 27.6. The maximum absolute atomic E-state index is 13.2. The van der Waals surface area contributed by atoms with Crippen molar-refractivity contribution in [3.8, 4) is 5.75 Å². The third kappa shape index (κ3) is 6.34. The summed E-state index contributed by atoms with van der Waals surface area (Å²) in [5, 5.41) is 2.93. The third-order valence-electron chi connectivity index (χ3n) is 5.31. The molecular weight excluding hydrogens is 376 g/mol. The Hall–Kier alpha value is -2.82. The first-order valence-corrected chi connectivity index (χ1v) is 10.7. The zero-order chi connectivity index (χ0) is 22.1. The Morgan fingerprint density at radius 1 is 1.03 bits per heavy atom. The van der Waals surface area contributed by atoms with Gasteiger partial charge in [0.2, 0.25) is 5.91 Å². The van der Waals surface area contributed by atoms with E-state index < -0.39 is 6.04 Å². The predicted molar refractivity (Wildman–Crippen MR) is 121 cm³/mol. The molecule has 30 heavy (non-hydrogen) atoms. The lowest BCUT2D eigenvalue weighted by Crippen LogP contribution is -2.50. The molecule has 2 rings (SSSR count). The van der Waals surface area contributed by atoms with Gasteiger partial charge in [-0.1, -0.05) is 55.8 Å². The first-order valence-electron chi connectivity index (χ1n) is 10.7. The van der Waals surface area contributed by atoms with E-state index in [0.717, 1.165) is 28.7 Å². The van der Waals surface area contributed by atoms with Crippen molar-refractivity contribution in [1.82, 2.24) is 10.2 Å². The molecule has 0 unspecified atom stereocenters. The van der Waals surface area contributed by atoms with E-state index in [0.29, 0.717) is 25.3 Å². The maximum Gasteiger partial charge on any atom is 0.261 e. The highest BCUT2D eigenvalue weighted by Gasteiger charge is 2.28. The van der Waals surface area contributed by atoms with Gasteiger partial charge in [-0.05, 0) is 56.4 Å². The molecule has 0 bridgehead atoms. The Bertz CT molecular complexity index is 846. The van der Waals surface area contributed by atoms with Crippen LogP contribution in [-0.2, 0) is 16.1 Å². The van der Waals surface area contributed by atoms with Crippen molar-refractivity contribution in [2.75, 3.05) is 13.2 Å². The van der Waals surface area contributed by atoms with Gasteiger partial charge in [0.05, 0.1) is 0 Å². The smallest absolute Gasteiger partial charge is 0.261 e. The van der Waals surface area contributed by atoms with Gasteiger partial charge in [-0.3, -0.25) is 9.59 Å². The summed E-state index contributed by atoms with van der Waals surface area (Å²) in [6.07, 6.45) is 1.39. The molecule has 0 aliphatic rings. The Labute approximate surface area is 180 Å². The van der Waals surface area contributed by atoms with Crippen LogP contribution < -0.4 is 10.1 Å². The average Bonchev–Trinajstić information content (AvgIpc) is 2.74. The Morgan fingerprint density at radius 2 is 1.73 bits per heavy atom. The first kappa shape index (κ1) is 23.5. The lowest BCUT2D eigenvalue weighted by Gasteiger charge is -2.30. The number of aryl methyl sites for hydroxylation is 2. The van der Waals surface area contributed by atoms with Crippen LogP contribution in [0.2, 0.25) is 0 Å². The summed E-state index contributed by atoms with van der Waals surface area (Å²) in [5.74, 6) is 0.378. The summed E-state index contributed by atoms with van der Waals surface area (Å²) in [6.45, 7) is 10.8. The van der Waals surface area contributed by atoms with Gasteiger partial charge in [-0.2, -0.15) is 0 Å². The van der Waals surface area contributed by atoms with E-state index in [-0.39, 0.29) is 18.4 Å². The standard InChI is InChI=1S/C25H34N2O3/c1-6-15-26-25(29)22(7-2)27(16-21-13-11-18(3)12-14-21)24(28)17-30-23-10-8-9-19(4)20(23)5/h8-14,22H,6-7,15-17H2,1-5H3,(H,26,29)/t22-/m1/s1. The fourth-order valence-electron chi connectivity index (χ4n) is 3.28. The van der Waals surface area contributed by atoms with Crippen molar-refractivity contribution in [1.29, 1.82) is 0 Å². The van der Waals surface area contributed by atoms with Crippen LogP contribution in [0.5, 0.6) is 5.75 Å². The second kappa shape index (κ2) is 11.4. The molecule has 0 aliphatic heterocycles. The number of benzene rings is 2. The molecule has 1 atom stereocenters. The molecule has 2 aromatic rings. The van der Waals surface area contributed by atoms with E-state index in [1.807, 2.05) is 77.1 Å². The maximum atomic E-state index is 13.2. The number of nitrogens with one attached hydrogen (secondary N) is 1. The lowest BCUT2D eigenvalue weighted by molar-refractivity contribution is -0.143. The summed E-state index contributed by atoms with van der Waals surface area (Å²) >= 11 is 0. The SMILES string of the molecule is CCCNC(=O)[C@@H](CC)N(Cc1ccc(C)cc1)C(=O)COc1cccc(C)c1C. The van der Waals surface area contributed by atoms with E-state index in [4.69, 9.17) is 4.74 Å². The van der Waals surface area contributed by atoms with Crippen LogP contribution in [0, 0.1) is 20.8 Å². The van der Waals surface area contributed by atoms with Crippen LogP contribution in [0.3, 0.4) is 0 Å². The van der Waals surface area contributed by atoms with Crippen molar-refractivity contribution >= 4 is 11.8 Å². The van der Waals surface area contributed by atoms with Gasteiger partial charge in [0.1, 0.15) is 11.8 Å². The quantitative estimate of drug-likeness (QED) is 0.634. The molecule has 162 valence electrons. The van der Waals surface area contributed by atoms with Crippen molar-refractivity contribution in [3.63, 3.8) is 0 Å². The molecule has 0 saturated heterocycles. The summed E-state index contributed by atoms with van der Waals surface area (Å²) in [6, 6.07) is 13.3. The summed E-state index contributed by atoms with van der Waals surface area (Å²) in [5.41, 5.74) is 4.27. The highest BCUT2D eigenvalue weighted by atomic mass is 16.5. The van der Waals surface area contributed by atoms with E-state index in [1.54, 1.807) is 4.90 Å². The molecule has 5 heteroatoms. The zero-order valence-electron chi connectivity index (χ0n) is 18.8. The Balaban J connectivity index is 2.21. The van der Waals surface area contributed by atoms with Crippen LogP contribution >= 0.6 is 0 Å². The minimum absolute atomic E-state index is 0.103. The number of rotatable bonds is 10. The molecule has 2 aromatic carbocycles. The highest BCUT2D eigenvalue weighted by molar-refractivity contribution is 5.88. The van der Waals surface area contributed by atoms with Crippen molar-refractivity contribution in [2.45, 2.75) is 60.0 Å². The molecule has 0 saturated carbocycles.